The van der Waals surface area contributed by atoms with Crippen molar-refractivity contribution in [2.45, 2.75) is 79.6 Å². The third-order valence-electron chi connectivity index (χ3n) is 4.86. The number of hydrogen-bond acceptors (Lipinski definition) is 8. The number of aromatic nitrogens is 4. The van der Waals surface area contributed by atoms with Crippen molar-refractivity contribution in [2.24, 2.45) is 0 Å². The van der Waals surface area contributed by atoms with Crippen molar-refractivity contribution < 1.29 is 23.7 Å². The van der Waals surface area contributed by atoms with Crippen molar-refractivity contribution in [3.05, 3.63) is 11.0 Å². The fourth-order valence-electron chi connectivity index (χ4n) is 3.09. The maximum absolute atomic E-state index is 11.5. The molecule has 1 N–H and O–H groups in total. The Bertz CT molecular complexity index is 932. The van der Waals surface area contributed by atoms with Crippen molar-refractivity contribution in [3.63, 3.8) is 0 Å². The number of ether oxygens (including phenoxy) is 4. The molecule has 0 aliphatic rings. The monoisotopic (exact) mass is 483 g/mol. The van der Waals surface area contributed by atoms with Crippen molar-refractivity contribution >= 4 is 35.2 Å². The lowest BCUT2D eigenvalue weighted by atomic mass is 10.4. The molecular formula is C22H37N5O5S. The van der Waals surface area contributed by atoms with Gasteiger partial charge >= 0.3 is 0 Å². The van der Waals surface area contributed by atoms with Crippen LogP contribution in [0.4, 0.5) is 5.95 Å². The van der Waals surface area contributed by atoms with Gasteiger partial charge in [-0.3, -0.25) is 19.2 Å². The zero-order valence-corrected chi connectivity index (χ0v) is 21.2. The largest absolute Gasteiger partial charge is 0.358 e. The highest BCUT2D eigenvalue weighted by Gasteiger charge is 2.18. The van der Waals surface area contributed by atoms with Crippen LogP contribution in [0.5, 0.6) is 0 Å². The van der Waals surface area contributed by atoms with Crippen LogP contribution in [-0.4, -0.2) is 57.7 Å². The van der Waals surface area contributed by atoms with E-state index in [2.05, 4.69) is 29.1 Å². The molecule has 2 atom stereocenters. The summed E-state index contributed by atoms with van der Waals surface area (Å²) >= 11 is 5.72. The van der Waals surface area contributed by atoms with Gasteiger partial charge in [0, 0.05) is 20.1 Å². The fourth-order valence-corrected chi connectivity index (χ4v) is 3.47. The van der Waals surface area contributed by atoms with Gasteiger partial charge < -0.3 is 18.9 Å². The number of nitrogens with one attached hydrogen (secondary N) is 1. The Hall–Kier alpha value is -1.92. The second-order valence-corrected chi connectivity index (χ2v) is 8.05. The molecule has 33 heavy (non-hydrogen) atoms. The smallest absolute Gasteiger partial charge is 0.231 e. The van der Waals surface area contributed by atoms with Crippen LogP contribution in [0.1, 0.15) is 66.5 Å². The second kappa shape index (κ2) is 14.4. The van der Waals surface area contributed by atoms with Gasteiger partial charge in [0.15, 0.2) is 16.7 Å². The predicted octanol–water partition coefficient (Wildman–Crippen LogP) is 4.41. The molecule has 2 heterocycles. The quantitative estimate of drug-likeness (QED) is 0.213. The molecule has 186 valence electrons. The average molecular weight is 484 g/mol. The summed E-state index contributed by atoms with van der Waals surface area (Å²) in [4.78, 5) is 20.2. The van der Waals surface area contributed by atoms with Crippen LogP contribution in [-0.2, 0) is 30.5 Å². The molecule has 0 aliphatic heterocycles. The average Bonchev–Trinajstić information content (AvgIpc) is 3.04. The number of imidazole rings is 1. The number of carbonyl (C=O) groups is 1. The molecule has 2 unspecified atom stereocenters. The third kappa shape index (κ3) is 8.42. The Balaban J connectivity index is 2.12. The van der Waals surface area contributed by atoms with Crippen LogP contribution in [0.15, 0.2) is 6.20 Å². The molecule has 2 rings (SSSR count). The first-order valence-electron chi connectivity index (χ1n) is 11.6. The van der Waals surface area contributed by atoms with Crippen LogP contribution in [0, 0.1) is 4.77 Å². The fraction of sp³-hybridized carbons (Fsp3) is 0.727. The lowest BCUT2D eigenvalue weighted by Crippen LogP contribution is -2.17. The Morgan fingerprint density at radius 2 is 1.76 bits per heavy atom. The van der Waals surface area contributed by atoms with Gasteiger partial charge in [-0.1, -0.05) is 26.7 Å². The number of fused-ring (bicyclic) bond motifs is 1. The van der Waals surface area contributed by atoms with Gasteiger partial charge in [-0.05, 0) is 38.9 Å². The minimum absolute atomic E-state index is 0.176. The van der Waals surface area contributed by atoms with E-state index < -0.39 is 0 Å². The summed E-state index contributed by atoms with van der Waals surface area (Å²) in [7, 11) is 0. The van der Waals surface area contributed by atoms with Gasteiger partial charge in [-0.15, -0.1) is 0 Å². The highest BCUT2D eigenvalue weighted by molar-refractivity contribution is 7.71. The summed E-state index contributed by atoms with van der Waals surface area (Å²) < 4.78 is 27.1. The predicted molar refractivity (Wildman–Crippen MR) is 128 cm³/mol. The van der Waals surface area contributed by atoms with E-state index in [-0.39, 0.29) is 31.1 Å². The summed E-state index contributed by atoms with van der Waals surface area (Å²) in [5.41, 5.74) is 1.26. The van der Waals surface area contributed by atoms with Gasteiger partial charge in [-0.2, -0.15) is 4.98 Å². The molecule has 0 aliphatic carbocycles. The maximum Gasteiger partial charge on any atom is 0.231 e. The lowest BCUT2D eigenvalue weighted by Gasteiger charge is -2.15. The van der Waals surface area contributed by atoms with Crippen LogP contribution < -0.4 is 5.32 Å². The first-order valence-corrected chi connectivity index (χ1v) is 12.0. The normalized spacial score (nSPS) is 13.4. The second-order valence-electron chi connectivity index (χ2n) is 7.69. The molecule has 0 saturated heterocycles. The number of anilines is 1. The van der Waals surface area contributed by atoms with Gasteiger partial charge in [0.2, 0.25) is 11.9 Å². The molecule has 0 fully saturated rings. The third-order valence-corrected chi connectivity index (χ3v) is 5.28. The Labute approximate surface area is 200 Å². The lowest BCUT2D eigenvalue weighted by molar-refractivity contribution is -0.142. The van der Waals surface area contributed by atoms with E-state index >= 15 is 0 Å². The van der Waals surface area contributed by atoms with E-state index in [0.717, 1.165) is 25.7 Å². The summed E-state index contributed by atoms with van der Waals surface area (Å²) in [5, 5.41) is 2.61. The summed E-state index contributed by atoms with van der Waals surface area (Å²) in [6.07, 6.45) is 5.16. The zero-order chi connectivity index (χ0) is 24.2. The number of hydrogen-bond donors (Lipinski definition) is 1. The Morgan fingerprint density at radius 1 is 1.09 bits per heavy atom. The van der Waals surface area contributed by atoms with Gasteiger partial charge in [0.1, 0.15) is 18.5 Å². The molecule has 1 amide bonds. The molecule has 0 aromatic carbocycles. The van der Waals surface area contributed by atoms with E-state index in [1.165, 1.54) is 6.92 Å². The SMILES string of the molecule is CCCCOC(C)OCCOCn1c(=S)n(C(C)OCCCC)c2cnc(NC(C)=O)nc21. The van der Waals surface area contributed by atoms with E-state index in [9.17, 15) is 4.79 Å². The number of nitrogens with zero attached hydrogens (tertiary/aromatic N) is 4. The first kappa shape index (κ1) is 27.3. The topological polar surface area (TPSA) is 102 Å². The molecule has 11 heteroatoms. The van der Waals surface area contributed by atoms with Crippen LogP contribution in [0.25, 0.3) is 11.2 Å². The van der Waals surface area contributed by atoms with Gasteiger partial charge in [0.05, 0.1) is 19.4 Å². The molecule has 0 saturated carbocycles. The number of rotatable bonds is 16. The van der Waals surface area contributed by atoms with Crippen molar-refractivity contribution in [1.29, 1.82) is 0 Å². The van der Waals surface area contributed by atoms with Crippen LogP contribution >= 0.6 is 12.2 Å². The van der Waals surface area contributed by atoms with Crippen molar-refractivity contribution in [2.75, 3.05) is 31.7 Å². The highest BCUT2D eigenvalue weighted by Crippen LogP contribution is 2.22. The maximum atomic E-state index is 11.5. The zero-order valence-electron chi connectivity index (χ0n) is 20.3. The molecular weight excluding hydrogens is 446 g/mol. The number of amides is 1. The highest BCUT2D eigenvalue weighted by atomic mass is 32.1. The number of unbranched alkanes of at least 4 members (excludes halogenated alkanes) is 2. The van der Waals surface area contributed by atoms with Crippen LogP contribution in [0.3, 0.4) is 0 Å². The van der Waals surface area contributed by atoms with Gasteiger partial charge in [0.25, 0.3) is 0 Å². The minimum atomic E-state index is -0.299. The molecule has 0 bridgehead atoms. The van der Waals surface area contributed by atoms with E-state index in [0.29, 0.717) is 42.4 Å². The summed E-state index contributed by atoms with van der Waals surface area (Å²) in [5.74, 6) is -0.0456. The van der Waals surface area contributed by atoms with Crippen LogP contribution in [0.2, 0.25) is 0 Å². The molecule has 2 aromatic rings. The molecule has 10 nitrogen and oxygen atoms in total. The van der Waals surface area contributed by atoms with E-state index in [1.54, 1.807) is 10.8 Å². The molecule has 0 spiro atoms. The molecule has 0 radical (unpaired) electrons. The summed E-state index contributed by atoms with van der Waals surface area (Å²) in [6, 6.07) is 0. The Kier molecular flexibility index (Phi) is 11.9. The number of carbonyl (C=O) groups excluding carboxylic acids is 1. The van der Waals surface area contributed by atoms with Gasteiger partial charge in [-0.25, -0.2) is 4.98 Å². The van der Waals surface area contributed by atoms with Crippen molar-refractivity contribution in [1.82, 2.24) is 19.1 Å². The first-order chi connectivity index (χ1) is 15.9. The van der Waals surface area contributed by atoms with E-state index in [4.69, 9.17) is 31.2 Å². The van der Waals surface area contributed by atoms with Crippen molar-refractivity contribution in [3.8, 4) is 0 Å². The van der Waals surface area contributed by atoms with E-state index in [1.807, 2.05) is 18.4 Å². The standard InChI is InChI=1S/C22H37N5O5S/c1-6-8-10-30-17(4)27-19-14-23-21(24-16(3)28)25-20(19)26(22(27)33)15-29-12-13-32-18(5)31-11-9-7-2/h14,17-18H,6-13,15H2,1-5H3,(H,23,24,25,28). The Morgan fingerprint density at radius 3 is 2.42 bits per heavy atom. The minimum Gasteiger partial charge on any atom is -0.358 e. The molecule has 2 aromatic heterocycles. The summed E-state index contributed by atoms with van der Waals surface area (Å²) in [6.45, 7) is 11.7.